The van der Waals surface area contributed by atoms with Crippen molar-refractivity contribution in [1.82, 2.24) is 0 Å². The molecule has 0 radical (unpaired) electrons. The fourth-order valence-corrected chi connectivity index (χ4v) is 1.46. The van der Waals surface area contributed by atoms with E-state index in [-0.39, 0.29) is 12.5 Å². The van der Waals surface area contributed by atoms with Crippen LogP contribution < -0.4 is 9.47 Å². The van der Waals surface area contributed by atoms with E-state index in [0.29, 0.717) is 0 Å². The molecule has 0 fully saturated rings. The fourth-order valence-electron chi connectivity index (χ4n) is 1.46. The molecule has 84 valence electrons. The maximum absolute atomic E-state index is 8.99. The monoisotopic (exact) mass is 210 g/mol. The molecule has 0 saturated carbocycles. The molecule has 1 N–H and O–H groups in total. The summed E-state index contributed by atoms with van der Waals surface area (Å²) in [5.41, 5.74) is 1.10. The number of hydrogen-bond donors (Lipinski definition) is 1. The first-order valence-corrected chi connectivity index (χ1v) is 5.03. The van der Waals surface area contributed by atoms with Crippen molar-refractivity contribution in [2.75, 3.05) is 20.8 Å². The van der Waals surface area contributed by atoms with E-state index >= 15 is 0 Å². The van der Waals surface area contributed by atoms with Crippen molar-refractivity contribution in [1.29, 1.82) is 0 Å². The number of rotatable bonds is 5. The largest absolute Gasteiger partial charge is 0.497 e. The lowest BCUT2D eigenvalue weighted by Crippen LogP contribution is -2.05. The molecule has 0 saturated heterocycles. The molecule has 0 bridgehead atoms. The number of methoxy groups -OCH3 is 2. The van der Waals surface area contributed by atoms with Gasteiger partial charge in [-0.3, -0.25) is 0 Å². The summed E-state index contributed by atoms with van der Waals surface area (Å²) in [4.78, 5) is 0. The third kappa shape index (κ3) is 3.13. The Kier molecular flexibility index (Phi) is 4.43. The molecule has 1 aromatic rings. The molecule has 3 nitrogen and oxygen atoms in total. The van der Waals surface area contributed by atoms with Crippen LogP contribution in [-0.2, 0) is 6.42 Å². The van der Waals surface area contributed by atoms with Crippen molar-refractivity contribution in [2.45, 2.75) is 13.3 Å². The molecular formula is C12H18O3. The summed E-state index contributed by atoms with van der Waals surface area (Å²) in [5, 5.41) is 8.99. The summed E-state index contributed by atoms with van der Waals surface area (Å²) in [5.74, 6) is 1.84. The zero-order chi connectivity index (χ0) is 11.3. The highest BCUT2D eigenvalue weighted by molar-refractivity contribution is 5.40. The first-order valence-electron chi connectivity index (χ1n) is 5.03. The molecular weight excluding hydrogens is 192 g/mol. The van der Waals surface area contributed by atoms with E-state index in [1.807, 2.05) is 25.1 Å². The highest BCUT2D eigenvalue weighted by Gasteiger charge is 2.08. The van der Waals surface area contributed by atoms with Crippen LogP contribution in [-0.4, -0.2) is 25.9 Å². The summed E-state index contributed by atoms with van der Waals surface area (Å²) < 4.78 is 10.4. The Morgan fingerprint density at radius 1 is 1.27 bits per heavy atom. The van der Waals surface area contributed by atoms with E-state index in [1.54, 1.807) is 14.2 Å². The van der Waals surface area contributed by atoms with Gasteiger partial charge >= 0.3 is 0 Å². The molecule has 0 aromatic heterocycles. The van der Waals surface area contributed by atoms with Gasteiger partial charge in [0, 0.05) is 12.7 Å². The second kappa shape index (κ2) is 5.61. The lowest BCUT2D eigenvalue weighted by Gasteiger charge is -2.13. The Morgan fingerprint density at radius 2 is 2.00 bits per heavy atom. The maximum Gasteiger partial charge on any atom is 0.125 e. The van der Waals surface area contributed by atoms with Crippen LogP contribution in [0.15, 0.2) is 18.2 Å². The molecule has 0 spiro atoms. The Bertz CT molecular complexity index is 310. The molecule has 0 aliphatic carbocycles. The molecule has 15 heavy (non-hydrogen) atoms. The van der Waals surface area contributed by atoms with Gasteiger partial charge in [-0.2, -0.15) is 0 Å². The minimum atomic E-state index is 0.190. The average Bonchev–Trinajstić information content (AvgIpc) is 2.29. The van der Waals surface area contributed by atoms with Gasteiger partial charge in [-0.05, 0) is 24.0 Å². The zero-order valence-corrected chi connectivity index (χ0v) is 9.49. The number of hydrogen-bond acceptors (Lipinski definition) is 3. The van der Waals surface area contributed by atoms with Crippen LogP contribution in [0, 0.1) is 5.92 Å². The van der Waals surface area contributed by atoms with Gasteiger partial charge in [-0.1, -0.05) is 13.0 Å². The fraction of sp³-hybridized carbons (Fsp3) is 0.500. The van der Waals surface area contributed by atoms with E-state index < -0.39 is 0 Å². The summed E-state index contributed by atoms with van der Waals surface area (Å²) in [7, 11) is 3.27. The van der Waals surface area contributed by atoms with Gasteiger partial charge < -0.3 is 14.6 Å². The van der Waals surface area contributed by atoms with Crippen molar-refractivity contribution in [2.24, 2.45) is 5.92 Å². The highest BCUT2D eigenvalue weighted by atomic mass is 16.5. The number of aliphatic hydroxyl groups is 1. The molecule has 1 aromatic carbocycles. The second-order valence-corrected chi connectivity index (χ2v) is 3.67. The standard InChI is InChI=1S/C12H18O3/c1-9(8-13)6-10-4-5-11(14-2)7-12(10)15-3/h4-5,7,9,13H,6,8H2,1-3H3. The molecule has 1 unspecified atom stereocenters. The van der Waals surface area contributed by atoms with Crippen LogP contribution in [0.4, 0.5) is 0 Å². The van der Waals surface area contributed by atoms with Crippen LogP contribution in [0.1, 0.15) is 12.5 Å². The van der Waals surface area contributed by atoms with E-state index in [2.05, 4.69) is 0 Å². The SMILES string of the molecule is COc1ccc(CC(C)CO)c(OC)c1. The zero-order valence-electron chi connectivity index (χ0n) is 9.49. The van der Waals surface area contributed by atoms with E-state index in [9.17, 15) is 0 Å². The summed E-state index contributed by atoms with van der Waals surface area (Å²) in [6, 6.07) is 5.74. The number of aliphatic hydroxyl groups excluding tert-OH is 1. The average molecular weight is 210 g/mol. The second-order valence-electron chi connectivity index (χ2n) is 3.67. The van der Waals surface area contributed by atoms with Crippen molar-refractivity contribution in [3.63, 3.8) is 0 Å². The number of ether oxygens (including phenoxy) is 2. The predicted molar refractivity (Wildman–Crippen MR) is 59.5 cm³/mol. The molecule has 0 aliphatic heterocycles. The highest BCUT2D eigenvalue weighted by Crippen LogP contribution is 2.26. The third-order valence-corrected chi connectivity index (χ3v) is 2.37. The van der Waals surface area contributed by atoms with Gasteiger partial charge in [-0.25, -0.2) is 0 Å². The Balaban J connectivity index is 2.87. The number of benzene rings is 1. The van der Waals surface area contributed by atoms with Gasteiger partial charge in [0.25, 0.3) is 0 Å². The van der Waals surface area contributed by atoms with Crippen LogP contribution in [0.2, 0.25) is 0 Å². The van der Waals surface area contributed by atoms with Crippen LogP contribution in [0.3, 0.4) is 0 Å². The Labute approximate surface area is 90.6 Å². The van der Waals surface area contributed by atoms with Gasteiger partial charge in [0.1, 0.15) is 11.5 Å². The van der Waals surface area contributed by atoms with Crippen LogP contribution in [0.5, 0.6) is 11.5 Å². The molecule has 1 atom stereocenters. The topological polar surface area (TPSA) is 38.7 Å². The maximum atomic E-state index is 8.99. The van der Waals surface area contributed by atoms with Gasteiger partial charge in [0.05, 0.1) is 14.2 Å². The minimum absolute atomic E-state index is 0.190. The molecule has 0 amide bonds. The van der Waals surface area contributed by atoms with Gasteiger partial charge in [-0.15, -0.1) is 0 Å². The summed E-state index contributed by atoms with van der Waals surface area (Å²) >= 11 is 0. The molecule has 3 heteroatoms. The Hall–Kier alpha value is -1.22. The summed E-state index contributed by atoms with van der Waals surface area (Å²) in [6.45, 7) is 2.19. The van der Waals surface area contributed by atoms with Crippen molar-refractivity contribution in [3.05, 3.63) is 23.8 Å². The minimum Gasteiger partial charge on any atom is -0.497 e. The van der Waals surface area contributed by atoms with Gasteiger partial charge in [0.15, 0.2) is 0 Å². The van der Waals surface area contributed by atoms with Crippen LogP contribution >= 0.6 is 0 Å². The molecule has 1 rings (SSSR count). The van der Waals surface area contributed by atoms with E-state index in [1.165, 1.54) is 0 Å². The first-order chi connectivity index (χ1) is 7.21. The lowest BCUT2D eigenvalue weighted by molar-refractivity contribution is 0.236. The quantitative estimate of drug-likeness (QED) is 0.806. The smallest absolute Gasteiger partial charge is 0.125 e. The molecule has 0 heterocycles. The lowest BCUT2D eigenvalue weighted by atomic mass is 10.0. The van der Waals surface area contributed by atoms with Crippen molar-refractivity contribution in [3.8, 4) is 11.5 Å². The third-order valence-electron chi connectivity index (χ3n) is 2.37. The molecule has 0 aliphatic rings. The first kappa shape index (κ1) is 11.9. The summed E-state index contributed by atoms with van der Waals surface area (Å²) in [6.07, 6.45) is 0.809. The van der Waals surface area contributed by atoms with E-state index in [4.69, 9.17) is 14.6 Å². The van der Waals surface area contributed by atoms with Crippen LogP contribution in [0.25, 0.3) is 0 Å². The van der Waals surface area contributed by atoms with Crippen molar-refractivity contribution < 1.29 is 14.6 Å². The van der Waals surface area contributed by atoms with Gasteiger partial charge in [0.2, 0.25) is 0 Å². The Morgan fingerprint density at radius 3 is 2.53 bits per heavy atom. The predicted octanol–water partition coefficient (Wildman–Crippen LogP) is 1.87. The van der Waals surface area contributed by atoms with E-state index in [0.717, 1.165) is 23.5 Å². The normalized spacial score (nSPS) is 12.3. The van der Waals surface area contributed by atoms with Crippen molar-refractivity contribution >= 4 is 0 Å².